The third-order valence-corrected chi connectivity index (χ3v) is 14.9. The molecule has 47 heavy (non-hydrogen) atoms. The molecule has 8 rings (SSSR count). The van der Waals surface area contributed by atoms with Crippen LogP contribution in [0.25, 0.3) is 0 Å². The van der Waals surface area contributed by atoms with Crippen LogP contribution in [0.2, 0.25) is 0 Å². The summed E-state index contributed by atoms with van der Waals surface area (Å²) in [5.74, 6) is -7.81. The highest BCUT2D eigenvalue weighted by molar-refractivity contribution is 5.84. The van der Waals surface area contributed by atoms with E-state index >= 15 is 0 Å². The van der Waals surface area contributed by atoms with E-state index in [1.54, 1.807) is 6.92 Å². The molecule has 0 bridgehead atoms. The molecule has 13 nitrogen and oxygen atoms in total. The third-order valence-electron chi connectivity index (χ3n) is 14.9. The van der Waals surface area contributed by atoms with Crippen molar-refractivity contribution >= 4 is 23.9 Å². The Hall–Kier alpha value is -2.32. The molecule has 0 aromatic rings. The summed E-state index contributed by atoms with van der Waals surface area (Å²) in [4.78, 5) is 52.5. The molecule has 5 aliphatic carbocycles. The third kappa shape index (κ3) is 3.53. The van der Waals surface area contributed by atoms with E-state index in [1.807, 2.05) is 13.8 Å². The van der Waals surface area contributed by atoms with Gasteiger partial charge in [0.05, 0.1) is 23.7 Å². The minimum Gasteiger partial charge on any atom is -0.462 e. The maximum absolute atomic E-state index is 13.4. The van der Waals surface area contributed by atoms with Crippen LogP contribution in [0.5, 0.6) is 0 Å². The number of hydrogen-bond acceptors (Lipinski definition) is 13. The fourth-order valence-electron chi connectivity index (χ4n) is 13.1. The van der Waals surface area contributed by atoms with Gasteiger partial charge in [0.15, 0.2) is 5.60 Å². The van der Waals surface area contributed by atoms with E-state index < -0.39 is 118 Å². The van der Waals surface area contributed by atoms with E-state index in [9.17, 15) is 29.4 Å². The zero-order chi connectivity index (χ0) is 34.1. The number of epoxide rings is 2. The highest BCUT2D eigenvalue weighted by Crippen LogP contribution is 2.81. The van der Waals surface area contributed by atoms with Gasteiger partial charge in [0, 0.05) is 55.9 Å². The van der Waals surface area contributed by atoms with Crippen molar-refractivity contribution in [3.63, 3.8) is 0 Å². The first kappa shape index (κ1) is 31.9. The van der Waals surface area contributed by atoms with Crippen LogP contribution < -0.4 is 5.73 Å². The molecule has 3 aliphatic heterocycles. The normalized spacial score (nSPS) is 60.6. The number of fused-ring (bicyclic) bond motifs is 9. The van der Waals surface area contributed by atoms with Gasteiger partial charge in [-0.15, -0.1) is 0 Å². The predicted molar refractivity (Wildman–Crippen MR) is 157 cm³/mol. The van der Waals surface area contributed by atoms with Gasteiger partial charge in [-0.05, 0) is 49.9 Å². The minimum atomic E-state index is -2.04. The number of hydrogen-bond donors (Lipinski definition) is 3. The number of nitrogens with two attached hydrogens (primary N) is 1. The van der Waals surface area contributed by atoms with Crippen LogP contribution in [0, 0.1) is 57.7 Å². The van der Waals surface area contributed by atoms with Crippen LogP contribution in [0.4, 0.5) is 0 Å². The molecule has 0 aromatic heterocycles. The molecule has 0 amide bonds. The molecule has 1 spiro atoms. The number of carbonyl (C=O) groups is 4. The number of aliphatic hydroxyl groups is 2. The summed E-state index contributed by atoms with van der Waals surface area (Å²) < 4.78 is 37.0. The highest BCUT2D eigenvalue weighted by atomic mass is 16.8. The maximum atomic E-state index is 13.4. The molecule has 13 heteroatoms. The van der Waals surface area contributed by atoms with Gasteiger partial charge >= 0.3 is 23.9 Å². The van der Waals surface area contributed by atoms with E-state index in [2.05, 4.69) is 6.92 Å². The number of carbonyl (C=O) groups excluding carboxylic acids is 4. The molecular formula is C34H47NO12. The van der Waals surface area contributed by atoms with Crippen LogP contribution in [0.1, 0.15) is 68.2 Å². The van der Waals surface area contributed by atoms with Crippen molar-refractivity contribution in [2.75, 3.05) is 0 Å². The monoisotopic (exact) mass is 661 g/mol. The Balaban J connectivity index is 1.40. The molecule has 8 fully saturated rings. The van der Waals surface area contributed by atoms with Gasteiger partial charge in [-0.25, -0.2) is 4.79 Å². The number of ether oxygens (including phenoxy) is 6. The Labute approximate surface area is 273 Å². The molecule has 3 heterocycles. The summed E-state index contributed by atoms with van der Waals surface area (Å²) in [5.41, 5.74) is 1.78. The van der Waals surface area contributed by atoms with Gasteiger partial charge in [0.25, 0.3) is 0 Å². The second-order valence-electron chi connectivity index (χ2n) is 16.8. The Morgan fingerprint density at radius 3 is 2.13 bits per heavy atom. The molecular weight excluding hydrogens is 614 g/mol. The molecule has 0 radical (unpaired) electrons. The molecule has 8 aliphatic rings. The van der Waals surface area contributed by atoms with Crippen molar-refractivity contribution in [3.05, 3.63) is 0 Å². The summed E-state index contributed by atoms with van der Waals surface area (Å²) in [6.45, 7) is 13.1. The Morgan fingerprint density at radius 2 is 1.51 bits per heavy atom. The van der Waals surface area contributed by atoms with E-state index in [0.29, 0.717) is 12.8 Å². The molecule has 260 valence electrons. The Morgan fingerprint density at radius 1 is 0.894 bits per heavy atom. The topological polar surface area (TPSA) is 197 Å². The summed E-state index contributed by atoms with van der Waals surface area (Å²) in [7, 11) is 0. The molecule has 0 aromatic carbocycles. The van der Waals surface area contributed by atoms with E-state index in [-0.39, 0.29) is 24.0 Å². The van der Waals surface area contributed by atoms with Gasteiger partial charge in [0.1, 0.15) is 24.4 Å². The summed E-state index contributed by atoms with van der Waals surface area (Å²) in [6, 6.07) is -0.671. The van der Waals surface area contributed by atoms with Crippen molar-refractivity contribution in [2.24, 2.45) is 63.4 Å². The molecule has 2 unspecified atom stereocenters. The van der Waals surface area contributed by atoms with Gasteiger partial charge in [-0.3, -0.25) is 14.4 Å². The lowest BCUT2D eigenvalue weighted by molar-refractivity contribution is -0.271. The quantitative estimate of drug-likeness (QED) is 0.219. The highest BCUT2D eigenvalue weighted by Gasteiger charge is 2.93. The van der Waals surface area contributed by atoms with Gasteiger partial charge < -0.3 is 44.4 Å². The molecule has 20 atom stereocenters. The Kier molecular flexibility index (Phi) is 6.29. The maximum Gasteiger partial charge on any atom is 0.341 e. The standard InChI is InChI=1S/C34H47NO12/c1-11-19-22(32(7)33(8,41)29(40)47-34(32)27(11)46-34)25(42-12(2)36)21-18-20(26(43-13(3)37)28(31(19,21)6)44-14(4)38)30(5)10-17-16(45-17)9-15(30)23(35)24(18)39/h11,15-28,39,41H,9-10,35H2,1-8H3/t11-,15+,16-,17+,18?,19-,20?,21+,22-,23-,24+,25+,26-,27+,28-,30-,31+,32-,33+,34-/m0/s1. The van der Waals surface area contributed by atoms with Crippen LogP contribution in [0.15, 0.2) is 0 Å². The lowest BCUT2D eigenvalue weighted by atomic mass is 9.41. The summed E-state index contributed by atoms with van der Waals surface area (Å²) in [5, 5.41) is 24.4. The fraction of sp³-hybridized carbons (Fsp3) is 0.882. The molecule has 5 saturated carbocycles. The van der Waals surface area contributed by atoms with Crippen molar-refractivity contribution in [3.8, 4) is 0 Å². The SMILES string of the molecule is CC(=O)O[C@H]1[C@@H]2[C@H]([C@H](C)[C@H]3O[C@]34OC(=O)[C@@](C)(O)[C@]24C)[C@]2(C)[C@@H]1C1C([C@H](OC(C)=O)[C@@H]2OC(C)=O)[C@@]2(C)C[C@H]3O[C@H]3C[C@@H]2[C@H](N)[C@@H]1O. The lowest BCUT2D eigenvalue weighted by Gasteiger charge is -2.66. The lowest BCUT2D eigenvalue weighted by Crippen LogP contribution is -2.74. The van der Waals surface area contributed by atoms with Gasteiger partial charge in [-0.2, -0.15) is 0 Å². The largest absolute Gasteiger partial charge is 0.462 e. The van der Waals surface area contributed by atoms with E-state index in [1.165, 1.54) is 27.7 Å². The average Bonchev–Trinajstić information content (AvgIpc) is 3.85. The second-order valence-corrected chi connectivity index (χ2v) is 16.8. The van der Waals surface area contributed by atoms with E-state index in [0.717, 1.165) is 0 Å². The van der Waals surface area contributed by atoms with Crippen LogP contribution in [0.3, 0.4) is 0 Å². The van der Waals surface area contributed by atoms with Gasteiger partial charge in [-0.1, -0.05) is 20.8 Å². The second kappa shape index (κ2) is 9.26. The first-order valence-electron chi connectivity index (χ1n) is 17.0. The first-order chi connectivity index (χ1) is 21.8. The minimum absolute atomic E-state index is 0.00645. The van der Waals surface area contributed by atoms with Crippen LogP contribution >= 0.6 is 0 Å². The fourth-order valence-corrected chi connectivity index (χ4v) is 13.1. The van der Waals surface area contributed by atoms with Crippen molar-refractivity contribution in [1.29, 1.82) is 0 Å². The first-order valence-corrected chi connectivity index (χ1v) is 17.0. The number of aliphatic hydroxyl groups excluding tert-OH is 1. The van der Waals surface area contributed by atoms with Crippen molar-refractivity contribution in [2.45, 2.75) is 128 Å². The predicted octanol–water partition coefficient (Wildman–Crippen LogP) is 0.840. The Bertz CT molecular complexity index is 1470. The zero-order valence-corrected chi connectivity index (χ0v) is 28.1. The molecule has 3 saturated heterocycles. The number of esters is 4. The smallest absolute Gasteiger partial charge is 0.341 e. The van der Waals surface area contributed by atoms with Crippen LogP contribution in [-0.2, 0) is 47.6 Å². The summed E-state index contributed by atoms with van der Waals surface area (Å²) >= 11 is 0. The van der Waals surface area contributed by atoms with Crippen molar-refractivity contribution < 1.29 is 57.8 Å². The molecule has 4 N–H and O–H groups in total. The van der Waals surface area contributed by atoms with E-state index in [4.69, 9.17) is 34.2 Å². The average molecular weight is 662 g/mol. The zero-order valence-electron chi connectivity index (χ0n) is 28.1. The summed E-state index contributed by atoms with van der Waals surface area (Å²) in [6.07, 6.45) is -3.46. The van der Waals surface area contributed by atoms with Crippen LogP contribution in [-0.4, -0.2) is 94.2 Å². The van der Waals surface area contributed by atoms with Crippen molar-refractivity contribution in [1.82, 2.24) is 0 Å². The van der Waals surface area contributed by atoms with Gasteiger partial charge in [0.2, 0.25) is 5.79 Å². The number of rotatable bonds is 3.